The largest absolute Gasteiger partial charge is 0.368 e. The fourth-order valence-electron chi connectivity index (χ4n) is 3.56. The van der Waals surface area contributed by atoms with Gasteiger partial charge in [-0.2, -0.15) is 29.9 Å². The Labute approximate surface area is 178 Å². The van der Waals surface area contributed by atoms with E-state index in [0.717, 1.165) is 36.7 Å². The Morgan fingerprint density at radius 3 is 2.10 bits per heavy atom. The van der Waals surface area contributed by atoms with Gasteiger partial charge in [-0.25, -0.2) is 4.98 Å². The highest BCUT2D eigenvalue weighted by atomic mass is 15.2. The highest BCUT2D eigenvalue weighted by Crippen LogP contribution is 2.27. The molecule has 0 fully saturated rings. The summed E-state index contributed by atoms with van der Waals surface area (Å²) >= 11 is 0. The number of hydrogen-bond acceptors (Lipinski definition) is 11. The van der Waals surface area contributed by atoms with Crippen LogP contribution in [0.4, 0.5) is 23.8 Å². The third-order valence-electron chi connectivity index (χ3n) is 4.90. The number of hydrogen-bond donors (Lipinski definition) is 4. The number of unbranched alkanes of at least 4 members (excludes halogenated alkanes) is 2. The summed E-state index contributed by atoms with van der Waals surface area (Å²) in [4.78, 5) is 29.1. The van der Waals surface area contributed by atoms with Gasteiger partial charge in [0, 0.05) is 6.42 Å². The highest BCUT2D eigenvalue weighted by Gasteiger charge is 2.20. The van der Waals surface area contributed by atoms with E-state index in [1.807, 2.05) is 24.3 Å². The maximum absolute atomic E-state index is 5.82. The minimum Gasteiger partial charge on any atom is -0.368 e. The van der Waals surface area contributed by atoms with Gasteiger partial charge in [-0.15, -0.1) is 0 Å². The smallest absolute Gasteiger partial charge is 0.225 e. The lowest BCUT2D eigenvalue weighted by Crippen LogP contribution is -2.16. The number of anilines is 4. The van der Waals surface area contributed by atoms with E-state index in [4.69, 9.17) is 22.9 Å². The molecule has 0 amide bonds. The average Bonchev–Trinajstić information content (AvgIpc) is 3.13. The van der Waals surface area contributed by atoms with E-state index in [2.05, 4.69) is 39.5 Å². The van der Waals surface area contributed by atoms with Crippen LogP contribution in [0.5, 0.6) is 0 Å². The lowest BCUT2D eigenvalue weighted by atomic mass is 10.1. The Morgan fingerprint density at radius 1 is 0.742 bits per heavy atom. The van der Waals surface area contributed by atoms with E-state index in [0.29, 0.717) is 18.1 Å². The molecule has 31 heavy (non-hydrogen) atoms. The molecular weight excluding hydrogens is 396 g/mol. The maximum atomic E-state index is 5.82. The molecule has 8 N–H and O–H groups in total. The number of imidazole rings is 1. The summed E-state index contributed by atoms with van der Waals surface area (Å²) in [7, 11) is 0. The SMILES string of the molecule is Nc1nc(N)nc(CCCCCC(c2nc(N)nc(N)n2)n2cnc3ccccc32)n1. The highest BCUT2D eigenvalue weighted by molar-refractivity contribution is 5.75. The molecule has 12 heteroatoms. The zero-order valence-electron chi connectivity index (χ0n) is 16.9. The summed E-state index contributed by atoms with van der Waals surface area (Å²) in [5.41, 5.74) is 24.8. The van der Waals surface area contributed by atoms with Crippen LogP contribution >= 0.6 is 0 Å². The van der Waals surface area contributed by atoms with Gasteiger partial charge >= 0.3 is 0 Å². The summed E-state index contributed by atoms with van der Waals surface area (Å²) in [6, 6.07) is 7.72. The molecule has 0 aliphatic rings. The van der Waals surface area contributed by atoms with E-state index in [9.17, 15) is 0 Å². The number of nitrogens with two attached hydrogens (primary N) is 4. The lowest BCUT2D eigenvalue weighted by molar-refractivity contribution is 0.487. The first-order valence-electron chi connectivity index (χ1n) is 9.94. The fourth-order valence-corrected chi connectivity index (χ4v) is 3.56. The number of fused-ring (bicyclic) bond motifs is 1. The van der Waals surface area contributed by atoms with Gasteiger partial charge < -0.3 is 27.5 Å². The molecule has 0 aliphatic carbocycles. The standard InChI is InChI=1S/C19H24N12/c20-16-25-14(26-17(21)29-16)9-3-1-2-8-13(15-27-18(22)30-19(23)28-15)31-10-24-11-6-4-5-7-12(11)31/h4-7,10,13H,1-3,8-9H2,(H4,20,21,25,26,29)(H4,22,23,27,28,30). The Hall–Kier alpha value is -4.09. The molecule has 0 saturated heterocycles. The van der Waals surface area contributed by atoms with Crippen molar-refractivity contribution in [1.82, 2.24) is 39.5 Å². The minimum absolute atomic E-state index is 0.0990. The number of benzene rings is 1. The number of aryl methyl sites for hydroxylation is 1. The first kappa shape index (κ1) is 20.2. The molecule has 1 unspecified atom stereocenters. The molecule has 0 bridgehead atoms. The Kier molecular flexibility index (Phi) is 5.69. The van der Waals surface area contributed by atoms with Crippen molar-refractivity contribution in [2.45, 2.75) is 38.1 Å². The number of nitrogen functional groups attached to an aromatic ring is 4. The molecule has 0 spiro atoms. The Morgan fingerprint density at radius 2 is 1.39 bits per heavy atom. The van der Waals surface area contributed by atoms with Crippen molar-refractivity contribution >= 4 is 34.8 Å². The molecule has 0 radical (unpaired) electrons. The van der Waals surface area contributed by atoms with Crippen LogP contribution in [0, 0.1) is 0 Å². The van der Waals surface area contributed by atoms with Crippen molar-refractivity contribution in [3.05, 3.63) is 42.2 Å². The maximum Gasteiger partial charge on any atom is 0.225 e. The van der Waals surface area contributed by atoms with Gasteiger partial charge in [0.05, 0.1) is 23.4 Å². The molecule has 0 aliphatic heterocycles. The summed E-state index contributed by atoms with van der Waals surface area (Å²) < 4.78 is 2.05. The van der Waals surface area contributed by atoms with Crippen LogP contribution in [0.15, 0.2) is 30.6 Å². The van der Waals surface area contributed by atoms with Crippen molar-refractivity contribution in [3.63, 3.8) is 0 Å². The second-order valence-electron chi connectivity index (χ2n) is 7.13. The van der Waals surface area contributed by atoms with Crippen molar-refractivity contribution in [2.24, 2.45) is 0 Å². The Bertz CT molecular complexity index is 1150. The van der Waals surface area contributed by atoms with Crippen LogP contribution in [0.1, 0.15) is 43.4 Å². The monoisotopic (exact) mass is 420 g/mol. The fraction of sp³-hybridized carbons (Fsp3) is 0.316. The van der Waals surface area contributed by atoms with Gasteiger partial charge in [0.25, 0.3) is 0 Å². The predicted octanol–water partition coefficient (Wildman–Crippen LogP) is 1.13. The van der Waals surface area contributed by atoms with Crippen molar-refractivity contribution in [1.29, 1.82) is 0 Å². The third-order valence-corrected chi connectivity index (χ3v) is 4.90. The van der Waals surface area contributed by atoms with Crippen molar-refractivity contribution in [3.8, 4) is 0 Å². The third kappa shape index (κ3) is 4.74. The number of rotatable bonds is 8. The lowest BCUT2D eigenvalue weighted by Gasteiger charge is -2.18. The molecule has 4 rings (SSSR count). The van der Waals surface area contributed by atoms with Crippen molar-refractivity contribution in [2.75, 3.05) is 22.9 Å². The number of aromatic nitrogens is 8. The van der Waals surface area contributed by atoms with E-state index < -0.39 is 0 Å². The second kappa shape index (κ2) is 8.73. The van der Waals surface area contributed by atoms with Crippen LogP contribution < -0.4 is 22.9 Å². The quantitative estimate of drug-likeness (QED) is 0.298. The number of nitrogens with zero attached hydrogens (tertiary/aromatic N) is 8. The van der Waals surface area contributed by atoms with E-state index in [1.54, 1.807) is 6.33 Å². The van der Waals surface area contributed by atoms with Gasteiger partial charge in [0.1, 0.15) is 5.82 Å². The topological polar surface area (TPSA) is 199 Å². The van der Waals surface area contributed by atoms with Crippen molar-refractivity contribution < 1.29 is 0 Å². The molecule has 12 nitrogen and oxygen atoms in total. The van der Waals surface area contributed by atoms with E-state index in [1.165, 1.54) is 0 Å². The molecule has 4 aromatic rings. The van der Waals surface area contributed by atoms with Crippen LogP contribution in [-0.4, -0.2) is 39.5 Å². The van der Waals surface area contributed by atoms with Crippen LogP contribution in [0.2, 0.25) is 0 Å². The normalized spacial score (nSPS) is 12.3. The first-order valence-corrected chi connectivity index (χ1v) is 9.94. The van der Waals surface area contributed by atoms with Crippen LogP contribution in [0.25, 0.3) is 11.0 Å². The molecule has 1 aromatic carbocycles. The van der Waals surface area contributed by atoms with E-state index in [-0.39, 0.29) is 29.8 Å². The predicted molar refractivity (Wildman–Crippen MR) is 117 cm³/mol. The summed E-state index contributed by atoms with van der Waals surface area (Å²) in [6.07, 6.45) is 5.94. The average molecular weight is 420 g/mol. The summed E-state index contributed by atoms with van der Waals surface area (Å²) in [5.74, 6) is 1.59. The summed E-state index contributed by atoms with van der Waals surface area (Å²) in [5, 5.41) is 0. The zero-order valence-corrected chi connectivity index (χ0v) is 16.9. The van der Waals surface area contributed by atoms with Crippen LogP contribution in [0.3, 0.4) is 0 Å². The zero-order chi connectivity index (χ0) is 21.8. The van der Waals surface area contributed by atoms with Gasteiger partial charge in [0.2, 0.25) is 23.8 Å². The van der Waals surface area contributed by atoms with E-state index >= 15 is 0 Å². The molecule has 1 atom stereocenters. The summed E-state index contributed by atoms with van der Waals surface area (Å²) in [6.45, 7) is 0. The Balaban J connectivity index is 1.48. The molecule has 0 saturated carbocycles. The molecule has 3 aromatic heterocycles. The molecule has 3 heterocycles. The van der Waals surface area contributed by atoms with Crippen LogP contribution in [-0.2, 0) is 6.42 Å². The van der Waals surface area contributed by atoms with Gasteiger partial charge in [0.15, 0.2) is 5.82 Å². The second-order valence-corrected chi connectivity index (χ2v) is 7.13. The van der Waals surface area contributed by atoms with Gasteiger partial charge in [-0.3, -0.25) is 0 Å². The van der Waals surface area contributed by atoms with Gasteiger partial charge in [-0.05, 0) is 25.0 Å². The minimum atomic E-state index is -0.177. The molecule has 160 valence electrons. The molecular formula is C19H24N12. The number of para-hydroxylation sites is 2. The van der Waals surface area contributed by atoms with Gasteiger partial charge in [-0.1, -0.05) is 25.0 Å². The first-order chi connectivity index (χ1) is 15.0.